The van der Waals surface area contributed by atoms with Crippen molar-refractivity contribution >= 4 is 12.1 Å². The number of aliphatic carboxylic acids is 1. The number of carboxylic acids is 1. The maximum Gasteiger partial charge on any atom is 0.408 e. The predicted molar refractivity (Wildman–Crippen MR) is 99.1 cm³/mol. The summed E-state index contributed by atoms with van der Waals surface area (Å²) in [5.41, 5.74) is 3.16. The second kappa shape index (κ2) is 6.83. The molecule has 2 N–H and O–H groups in total. The number of carbonyl (C=O) groups excluding carboxylic acids is 1. The number of nitrogens with one attached hydrogen (secondary N) is 1. The van der Waals surface area contributed by atoms with E-state index < -0.39 is 17.6 Å². The Hall–Kier alpha value is -2.82. The summed E-state index contributed by atoms with van der Waals surface area (Å²) in [7, 11) is 0. The minimum atomic E-state index is -1.37. The Bertz CT molecular complexity index is 800. The Morgan fingerprint density at radius 3 is 2.04 bits per heavy atom. The summed E-state index contributed by atoms with van der Waals surface area (Å²) in [6.07, 6.45) is -0.717. The van der Waals surface area contributed by atoms with Crippen molar-refractivity contribution in [2.75, 3.05) is 6.61 Å². The third-order valence-electron chi connectivity index (χ3n) is 5.30. The number of rotatable bonds is 5. The summed E-state index contributed by atoms with van der Waals surface area (Å²) >= 11 is 0. The molecule has 5 nitrogen and oxygen atoms in total. The molecule has 0 aromatic heterocycles. The first-order valence-corrected chi connectivity index (χ1v) is 8.71. The molecule has 1 atom stereocenters. The van der Waals surface area contributed by atoms with Crippen molar-refractivity contribution in [3.05, 3.63) is 59.7 Å². The molecule has 0 bridgehead atoms. The minimum absolute atomic E-state index is 0.0525. The van der Waals surface area contributed by atoms with Crippen LogP contribution in [0.2, 0.25) is 0 Å². The minimum Gasteiger partial charge on any atom is -0.480 e. The van der Waals surface area contributed by atoms with Crippen LogP contribution in [-0.2, 0) is 9.53 Å². The molecule has 0 saturated heterocycles. The highest BCUT2D eigenvalue weighted by atomic mass is 16.5. The molecule has 1 unspecified atom stereocenters. The molecule has 0 fully saturated rings. The van der Waals surface area contributed by atoms with Crippen LogP contribution < -0.4 is 5.32 Å². The Morgan fingerprint density at radius 2 is 1.58 bits per heavy atom. The van der Waals surface area contributed by atoms with Gasteiger partial charge in [0.1, 0.15) is 12.1 Å². The fourth-order valence-electron chi connectivity index (χ4n) is 3.29. The molecular weight excluding hydrogens is 330 g/mol. The lowest BCUT2D eigenvalue weighted by Gasteiger charge is -2.29. The van der Waals surface area contributed by atoms with Crippen LogP contribution in [0.5, 0.6) is 0 Å². The molecule has 0 aliphatic heterocycles. The van der Waals surface area contributed by atoms with Crippen molar-refractivity contribution in [1.29, 1.82) is 0 Å². The molecule has 136 valence electrons. The van der Waals surface area contributed by atoms with Crippen LogP contribution in [0.1, 0.15) is 37.8 Å². The highest BCUT2D eigenvalue weighted by molar-refractivity contribution is 5.84. The van der Waals surface area contributed by atoms with E-state index in [0.29, 0.717) is 0 Å². The smallest absolute Gasteiger partial charge is 0.408 e. The van der Waals surface area contributed by atoms with Crippen LogP contribution >= 0.6 is 0 Å². The Morgan fingerprint density at radius 1 is 1.08 bits per heavy atom. The van der Waals surface area contributed by atoms with Crippen molar-refractivity contribution in [3.8, 4) is 11.1 Å². The van der Waals surface area contributed by atoms with Crippen molar-refractivity contribution in [2.45, 2.75) is 32.2 Å². The molecule has 1 aliphatic carbocycles. The fraction of sp³-hybridized carbons (Fsp3) is 0.333. The van der Waals surface area contributed by atoms with E-state index in [1.807, 2.05) is 36.4 Å². The lowest BCUT2D eigenvalue weighted by Crippen LogP contribution is -2.56. The van der Waals surface area contributed by atoms with Crippen molar-refractivity contribution in [3.63, 3.8) is 0 Å². The highest BCUT2D eigenvalue weighted by Crippen LogP contribution is 2.44. The SMILES string of the molecule is CC(C)C(C)(NC(=O)OCC1c2ccccc2-c2ccccc21)C(=O)O. The summed E-state index contributed by atoms with van der Waals surface area (Å²) in [5, 5.41) is 11.9. The zero-order valence-corrected chi connectivity index (χ0v) is 15.2. The Balaban J connectivity index is 1.76. The van der Waals surface area contributed by atoms with Crippen LogP contribution in [0, 0.1) is 5.92 Å². The number of benzene rings is 2. The molecule has 0 radical (unpaired) electrons. The Kier molecular flexibility index (Phi) is 4.72. The van der Waals surface area contributed by atoms with Gasteiger partial charge in [-0.3, -0.25) is 0 Å². The van der Waals surface area contributed by atoms with Gasteiger partial charge in [0.15, 0.2) is 0 Å². The van der Waals surface area contributed by atoms with Gasteiger partial charge in [0.25, 0.3) is 0 Å². The van der Waals surface area contributed by atoms with Gasteiger partial charge < -0.3 is 15.2 Å². The number of carboxylic acid groups (broad SMARTS) is 1. The van der Waals surface area contributed by atoms with E-state index in [2.05, 4.69) is 17.4 Å². The Labute approximate surface area is 153 Å². The van der Waals surface area contributed by atoms with Crippen LogP contribution in [0.3, 0.4) is 0 Å². The fourth-order valence-corrected chi connectivity index (χ4v) is 3.29. The van der Waals surface area contributed by atoms with Gasteiger partial charge in [-0.25, -0.2) is 9.59 Å². The lowest BCUT2D eigenvalue weighted by atomic mass is 9.89. The topological polar surface area (TPSA) is 75.6 Å². The van der Waals surface area contributed by atoms with Gasteiger partial charge in [0.2, 0.25) is 0 Å². The molecule has 0 heterocycles. The summed E-state index contributed by atoms with van der Waals surface area (Å²) in [5.74, 6) is -1.41. The summed E-state index contributed by atoms with van der Waals surface area (Å²) < 4.78 is 5.42. The van der Waals surface area contributed by atoms with E-state index in [1.54, 1.807) is 13.8 Å². The molecule has 0 spiro atoms. The van der Waals surface area contributed by atoms with Crippen molar-refractivity contribution in [1.82, 2.24) is 5.32 Å². The third kappa shape index (κ3) is 3.05. The van der Waals surface area contributed by atoms with Crippen LogP contribution in [0.25, 0.3) is 11.1 Å². The summed E-state index contributed by atoms with van der Waals surface area (Å²) in [6, 6.07) is 16.1. The number of ether oxygens (including phenoxy) is 1. The molecule has 0 saturated carbocycles. The predicted octanol–water partition coefficient (Wildman–Crippen LogP) is 4.02. The molecule has 1 amide bonds. The first-order valence-electron chi connectivity index (χ1n) is 8.71. The number of carbonyl (C=O) groups is 2. The number of amides is 1. The number of alkyl carbamates (subject to hydrolysis) is 1. The molecule has 2 aromatic rings. The van der Waals surface area contributed by atoms with E-state index >= 15 is 0 Å². The van der Waals surface area contributed by atoms with E-state index in [9.17, 15) is 14.7 Å². The quantitative estimate of drug-likeness (QED) is 0.851. The van der Waals surface area contributed by atoms with Gasteiger partial charge in [-0.15, -0.1) is 0 Å². The second-order valence-electron chi connectivity index (χ2n) is 7.11. The van der Waals surface area contributed by atoms with E-state index in [0.717, 1.165) is 22.3 Å². The summed E-state index contributed by atoms with van der Waals surface area (Å²) in [6.45, 7) is 5.14. The molecule has 3 rings (SSSR count). The van der Waals surface area contributed by atoms with Gasteiger partial charge in [0.05, 0.1) is 0 Å². The van der Waals surface area contributed by atoms with Crippen molar-refractivity contribution in [2.24, 2.45) is 5.92 Å². The number of hydrogen-bond acceptors (Lipinski definition) is 3. The summed E-state index contributed by atoms with van der Waals surface area (Å²) in [4.78, 5) is 23.8. The maximum absolute atomic E-state index is 12.3. The van der Waals surface area contributed by atoms with Crippen molar-refractivity contribution < 1.29 is 19.4 Å². The first kappa shape index (κ1) is 18.0. The van der Waals surface area contributed by atoms with Gasteiger partial charge in [-0.05, 0) is 35.1 Å². The highest BCUT2D eigenvalue weighted by Gasteiger charge is 2.39. The lowest BCUT2D eigenvalue weighted by molar-refractivity contribution is -0.145. The molecule has 1 aliphatic rings. The van der Waals surface area contributed by atoms with E-state index in [4.69, 9.17) is 4.74 Å². The monoisotopic (exact) mass is 353 g/mol. The second-order valence-corrected chi connectivity index (χ2v) is 7.11. The van der Waals surface area contributed by atoms with Crippen LogP contribution in [-0.4, -0.2) is 29.3 Å². The van der Waals surface area contributed by atoms with Crippen LogP contribution in [0.4, 0.5) is 4.79 Å². The zero-order valence-electron chi connectivity index (χ0n) is 15.2. The average molecular weight is 353 g/mol. The van der Waals surface area contributed by atoms with Crippen LogP contribution in [0.15, 0.2) is 48.5 Å². The van der Waals surface area contributed by atoms with Gasteiger partial charge in [0, 0.05) is 5.92 Å². The first-order chi connectivity index (χ1) is 12.3. The number of fused-ring (bicyclic) bond motifs is 3. The zero-order chi connectivity index (χ0) is 18.9. The average Bonchev–Trinajstić information content (AvgIpc) is 2.93. The molecule has 26 heavy (non-hydrogen) atoms. The molecule has 2 aromatic carbocycles. The number of hydrogen-bond donors (Lipinski definition) is 2. The van der Waals surface area contributed by atoms with Gasteiger partial charge in [-0.1, -0.05) is 62.4 Å². The molecular formula is C21H23NO4. The normalized spacial score (nSPS) is 15.1. The largest absolute Gasteiger partial charge is 0.480 e. The van der Waals surface area contributed by atoms with Gasteiger partial charge in [-0.2, -0.15) is 0 Å². The van der Waals surface area contributed by atoms with Gasteiger partial charge >= 0.3 is 12.1 Å². The maximum atomic E-state index is 12.3. The standard InChI is InChI=1S/C21H23NO4/c1-13(2)21(3,19(23)24)22-20(25)26-12-18-16-10-6-4-8-14(16)15-9-5-7-11-17(15)18/h4-11,13,18H,12H2,1-3H3,(H,22,25)(H,23,24). The van der Waals surface area contributed by atoms with E-state index in [-0.39, 0.29) is 18.4 Å². The molecule has 5 heteroatoms. The third-order valence-corrected chi connectivity index (χ3v) is 5.30. The van der Waals surface area contributed by atoms with E-state index in [1.165, 1.54) is 6.92 Å².